The zero-order valence-electron chi connectivity index (χ0n) is 7.00. The molecule has 12 heavy (non-hydrogen) atoms. The molecule has 0 bridgehead atoms. The number of ether oxygens (including phenoxy) is 2. The Labute approximate surface area is 69.6 Å². The van der Waals surface area contributed by atoms with Crippen LogP contribution in [0.15, 0.2) is 0 Å². The first-order chi connectivity index (χ1) is 5.56. The van der Waals surface area contributed by atoms with Crippen molar-refractivity contribution in [3.05, 3.63) is 0 Å². The van der Waals surface area contributed by atoms with Crippen molar-refractivity contribution in [3.8, 4) is 0 Å². The zero-order chi connectivity index (χ0) is 9.56. The Morgan fingerprint density at radius 1 is 1.50 bits per heavy atom. The number of hydrogen-bond acceptors (Lipinski definition) is 4. The van der Waals surface area contributed by atoms with Gasteiger partial charge in [-0.2, -0.15) is 0 Å². The lowest BCUT2D eigenvalue weighted by Crippen LogP contribution is -2.19. The van der Waals surface area contributed by atoms with Gasteiger partial charge in [0.1, 0.15) is 0 Å². The van der Waals surface area contributed by atoms with Gasteiger partial charge in [0.15, 0.2) is 6.61 Å². The molecule has 0 N–H and O–H groups in total. The van der Waals surface area contributed by atoms with Crippen molar-refractivity contribution in [2.24, 2.45) is 0 Å². The van der Waals surface area contributed by atoms with Crippen LogP contribution in [0.3, 0.4) is 0 Å². The van der Waals surface area contributed by atoms with Gasteiger partial charge in [0, 0.05) is 0 Å². The summed E-state index contributed by atoms with van der Waals surface area (Å²) in [6.45, 7) is 2.86. The highest BCUT2D eigenvalue weighted by atomic mass is 19.1. The first kappa shape index (κ1) is 10.9. The van der Waals surface area contributed by atoms with E-state index in [9.17, 15) is 14.0 Å². The lowest BCUT2D eigenvalue weighted by Gasteiger charge is -2.09. The molecule has 0 heterocycles. The molecule has 0 radical (unpaired) electrons. The average molecular weight is 178 g/mol. The molecule has 0 aliphatic heterocycles. The summed E-state index contributed by atoms with van der Waals surface area (Å²) in [6, 6.07) is 0. The highest BCUT2D eigenvalue weighted by molar-refractivity contribution is 5.73. The van der Waals surface area contributed by atoms with Gasteiger partial charge in [-0.1, -0.05) is 6.92 Å². The summed E-state index contributed by atoms with van der Waals surface area (Å²) in [5, 5.41) is 0. The predicted molar refractivity (Wildman–Crippen MR) is 38.3 cm³/mol. The van der Waals surface area contributed by atoms with Crippen molar-refractivity contribution in [2.45, 2.75) is 26.4 Å². The van der Waals surface area contributed by atoms with Gasteiger partial charge in [0.25, 0.3) is 0 Å². The van der Waals surface area contributed by atoms with E-state index in [4.69, 9.17) is 0 Å². The molecule has 0 aromatic heterocycles. The molecule has 1 unspecified atom stereocenters. The molecule has 0 aromatic rings. The van der Waals surface area contributed by atoms with E-state index in [0.29, 0.717) is 6.42 Å². The molecule has 0 amide bonds. The lowest BCUT2D eigenvalue weighted by molar-refractivity contribution is -0.152. The third-order valence-electron chi connectivity index (χ3n) is 1.21. The van der Waals surface area contributed by atoms with Gasteiger partial charge in [-0.3, -0.25) is 0 Å². The second kappa shape index (κ2) is 5.51. The molecular weight excluding hydrogens is 167 g/mol. The Bertz CT molecular complexity index is 169. The molecular formula is C7H11FO4. The van der Waals surface area contributed by atoms with Gasteiger partial charge in [-0.15, -0.1) is 4.39 Å². The van der Waals surface area contributed by atoms with Gasteiger partial charge in [-0.25, -0.2) is 9.59 Å². The molecule has 0 spiro atoms. The Morgan fingerprint density at radius 2 is 2.08 bits per heavy atom. The molecule has 5 heteroatoms. The van der Waals surface area contributed by atoms with Crippen molar-refractivity contribution < 1.29 is 23.5 Å². The van der Waals surface area contributed by atoms with Crippen LogP contribution in [0.1, 0.15) is 20.3 Å². The highest BCUT2D eigenvalue weighted by Gasteiger charge is 2.09. The van der Waals surface area contributed by atoms with Crippen molar-refractivity contribution in [3.63, 3.8) is 0 Å². The Balaban J connectivity index is 3.53. The molecule has 0 aromatic carbocycles. The number of halogens is 1. The minimum atomic E-state index is -1.98. The van der Waals surface area contributed by atoms with E-state index in [2.05, 4.69) is 9.47 Å². The number of rotatable bonds is 4. The van der Waals surface area contributed by atoms with Gasteiger partial charge in [0.05, 0.1) is 6.10 Å². The maximum atomic E-state index is 11.4. The first-order valence-electron chi connectivity index (χ1n) is 3.58. The van der Waals surface area contributed by atoms with Crippen LogP contribution in [-0.2, 0) is 14.3 Å². The molecule has 0 aliphatic rings. The second-order valence-electron chi connectivity index (χ2n) is 2.24. The molecule has 0 fully saturated rings. The van der Waals surface area contributed by atoms with Crippen LogP contribution >= 0.6 is 0 Å². The third-order valence-corrected chi connectivity index (χ3v) is 1.21. The Kier molecular flexibility index (Phi) is 4.99. The number of carbonyl (C=O) groups excluding carboxylic acids is 2. The van der Waals surface area contributed by atoms with Gasteiger partial charge < -0.3 is 9.47 Å². The van der Waals surface area contributed by atoms with E-state index in [1.807, 2.05) is 6.92 Å². The molecule has 0 saturated carbocycles. The van der Waals surface area contributed by atoms with Crippen molar-refractivity contribution >= 4 is 12.2 Å². The molecule has 4 nitrogen and oxygen atoms in total. The van der Waals surface area contributed by atoms with E-state index >= 15 is 0 Å². The van der Waals surface area contributed by atoms with E-state index in [1.165, 1.54) is 0 Å². The van der Waals surface area contributed by atoms with E-state index in [-0.39, 0.29) is 6.10 Å². The SMILES string of the molecule is CCC(C)OC(=O)COC(=O)F. The van der Waals surface area contributed by atoms with Gasteiger partial charge in [0.2, 0.25) is 0 Å². The summed E-state index contributed by atoms with van der Waals surface area (Å²) >= 11 is 0. The minimum Gasteiger partial charge on any atom is -0.460 e. The fraction of sp³-hybridized carbons (Fsp3) is 0.714. The molecule has 0 saturated heterocycles. The highest BCUT2D eigenvalue weighted by Crippen LogP contribution is 1.96. The van der Waals surface area contributed by atoms with Crippen molar-refractivity contribution in [2.75, 3.05) is 6.61 Å². The van der Waals surface area contributed by atoms with Crippen LogP contribution in [0, 0.1) is 0 Å². The van der Waals surface area contributed by atoms with Crippen LogP contribution < -0.4 is 0 Å². The fourth-order valence-corrected chi connectivity index (χ4v) is 0.457. The van der Waals surface area contributed by atoms with E-state index < -0.39 is 18.8 Å². The van der Waals surface area contributed by atoms with Crippen LogP contribution in [0.25, 0.3) is 0 Å². The lowest BCUT2D eigenvalue weighted by atomic mass is 10.3. The van der Waals surface area contributed by atoms with E-state index in [1.54, 1.807) is 6.92 Å². The minimum absolute atomic E-state index is 0.240. The molecule has 0 rings (SSSR count). The van der Waals surface area contributed by atoms with Crippen LogP contribution in [0.5, 0.6) is 0 Å². The summed E-state index contributed by atoms with van der Waals surface area (Å²) in [6.07, 6.45) is -1.55. The second-order valence-corrected chi connectivity index (χ2v) is 2.24. The average Bonchev–Trinajstić information content (AvgIpc) is 2.00. The summed E-state index contributed by atoms with van der Waals surface area (Å²) in [5.74, 6) is -0.740. The standard InChI is InChI=1S/C7H11FO4/c1-3-5(2)12-6(9)4-11-7(8)10/h5H,3-4H2,1-2H3. The number of hydrogen-bond donors (Lipinski definition) is 0. The predicted octanol–water partition coefficient (Wildman–Crippen LogP) is 1.43. The van der Waals surface area contributed by atoms with Crippen LogP contribution in [-0.4, -0.2) is 24.9 Å². The molecule has 1 atom stereocenters. The van der Waals surface area contributed by atoms with Gasteiger partial charge in [-0.05, 0) is 13.3 Å². The van der Waals surface area contributed by atoms with Crippen molar-refractivity contribution in [1.82, 2.24) is 0 Å². The third kappa shape index (κ3) is 5.64. The fourth-order valence-electron chi connectivity index (χ4n) is 0.457. The largest absolute Gasteiger partial charge is 0.496 e. The molecule has 70 valence electrons. The van der Waals surface area contributed by atoms with Crippen molar-refractivity contribution in [1.29, 1.82) is 0 Å². The summed E-state index contributed by atoms with van der Waals surface area (Å²) < 4.78 is 19.8. The number of carbonyl (C=O) groups is 2. The smallest absolute Gasteiger partial charge is 0.460 e. The Morgan fingerprint density at radius 3 is 2.50 bits per heavy atom. The maximum Gasteiger partial charge on any atom is 0.496 e. The first-order valence-corrected chi connectivity index (χ1v) is 3.58. The van der Waals surface area contributed by atoms with Crippen LogP contribution in [0.2, 0.25) is 0 Å². The number of esters is 1. The van der Waals surface area contributed by atoms with Crippen LogP contribution in [0.4, 0.5) is 9.18 Å². The topological polar surface area (TPSA) is 52.6 Å². The Hall–Kier alpha value is -1.13. The molecule has 0 aliphatic carbocycles. The summed E-state index contributed by atoms with van der Waals surface area (Å²) in [7, 11) is 0. The monoisotopic (exact) mass is 178 g/mol. The normalized spacial score (nSPS) is 11.9. The summed E-state index contributed by atoms with van der Waals surface area (Å²) in [5.41, 5.74) is 0. The quantitative estimate of drug-likeness (QED) is 0.482. The maximum absolute atomic E-state index is 11.4. The summed E-state index contributed by atoms with van der Waals surface area (Å²) in [4.78, 5) is 20.3. The zero-order valence-corrected chi connectivity index (χ0v) is 7.00. The van der Waals surface area contributed by atoms with E-state index in [0.717, 1.165) is 0 Å². The van der Waals surface area contributed by atoms with Gasteiger partial charge >= 0.3 is 12.2 Å².